The fourth-order valence-electron chi connectivity index (χ4n) is 21.9. The molecular formula is C109H97NO2. The lowest BCUT2D eigenvalue weighted by atomic mass is 9.70. The highest BCUT2D eigenvalue weighted by atomic mass is 16.3. The van der Waals surface area contributed by atoms with E-state index in [2.05, 4.69) is 335 Å². The van der Waals surface area contributed by atoms with E-state index in [4.69, 9.17) is 8.83 Å². The summed E-state index contributed by atoms with van der Waals surface area (Å²) in [4.78, 5) is 2.52. The number of anilines is 3. The molecule has 0 spiro atoms. The van der Waals surface area contributed by atoms with Crippen molar-refractivity contribution in [3.8, 4) is 89.0 Å². The van der Waals surface area contributed by atoms with E-state index in [0.717, 1.165) is 55.9 Å². The van der Waals surface area contributed by atoms with Gasteiger partial charge in [0.25, 0.3) is 0 Å². The maximum absolute atomic E-state index is 7.15. The lowest BCUT2D eigenvalue weighted by molar-refractivity contribution is 0.399. The maximum atomic E-state index is 7.15. The molecule has 0 aliphatic heterocycles. The minimum absolute atomic E-state index is 0.0442. The summed E-state index contributed by atoms with van der Waals surface area (Å²) < 4.78 is 13.7. The molecule has 5 aliphatic carbocycles. The first kappa shape index (κ1) is 68.7. The van der Waals surface area contributed by atoms with Crippen LogP contribution in [0.25, 0.3) is 144 Å². The average molecular weight is 1450 g/mol. The van der Waals surface area contributed by atoms with Crippen LogP contribution in [0.1, 0.15) is 202 Å². The zero-order valence-electron chi connectivity index (χ0n) is 66.6. The molecule has 16 aromatic rings. The molecule has 3 heteroatoms. The van der Waals surface area contributed by atoms with Gasteiger partial charge in [-0.15, -0.1) is 0 Å². The topological polar surface area (TPSA) is 29.5 Å². The second-order valence-corrected chi connectivity index (χ2v) is 35.7. The SMILES string of the molecule is CCCCCCCC1(CCCCCCC)c2ccccc2-c2ccc(-c3ccc4c(c3)C(C)(C)c3cc(-c5ccc(-c6cc7c(c8c6oc6ccccc68)-c6ccc(N(c8ccc9c(c8)C(C)(C)c8cc%10c(cc8-9)C(C)(C)c8ccc9oc%11ccccc%11c9c8-%10)c8ccc9ccccc9c8)cc6C7(C)C)cc5)ccc3-4)cc21. The summed E-state index contributed by atoms with van der Waals surface area (Å²) in [5.74, 6) is 0. The van der Waals surface area contributed by atoms with Crippen molar-refractivity contribution in [2.45, 2.75) is 173 Å². The summed E-state index contributed by atoms with van der Waals surface area (Å²) in [6.45, 7) is 24.1. The molecule has 0 unspecified atom stereocenters. The zero-order chi connectivity index (χ0) is 75.9. The molecule has 2 aromatic heterocycles. The van der Waals surface area contributed by atoms with E-state index >= 15 is 0 Å². The first-order valence-corrected chi connectivity index (χ1v) is 41.8. The van der Waals surface area contributed by atoms with Gasteiger partial charge in [0.1, 0.15) is 22.3 Å². The highest BCUT2D eigenvalue weighted by Gasteiger charge is 2.46. The summed E-state index contributed by atoms with van der Waals surface area (Å²) in [6, 6.07) is 101. The molecule has 5 aliphatic rings. The van der Waals surface area contributed by atoms with E-state index in [0.29, 0.717) is 0 Å². The summed E-state index contributed by atoms with van der Waals surface area (Å²) in [7, 11) is 0. The molecule has 0 fully saturated rings. The molecular weight excluding hydrogens is 1360 g/mol. The van der Waals surface area contributed by atoms with E-state index < -0.39 is 0 Å². The number of unbranched alkanes of at least 4 members (excludes halogenated alkanes) is 8. The van der Waals surface area contributed by atoms with Crippen LogP contribution in [0, 0.1) is 0 Å². The smallest absolute Gasteiger partial charge is 0.143 e. The minimum atomic E-state index is -0.380. The van der Waals surface area contributed by atoms with Crippen molar-refractivity contribution in [1.29, 1.82) is 0 Å². The van der Waals surface area contributed by atoms with E-state index in [1.807, 2.05) is 0 Å². The van der Waals surface area contributed by atoms with Crippen molar-refractivity contribution in [2.24, 2.45) is 0 Å². The Morgan fingerprint density at radius 1 is 0.259 bits per heavy atom. The van der Waals surface area contributed by atoms with Crippen molar-refractivity contribution in [2.75, 3.05) is 4.90 Å². The lowest BCUT2D eigenvalue weighted by Crippen LogP contribution is -2.25. The first-order valence-electron chi connectivity index (χ1n) is 41.8. The molecule has 0 saturated carbocycles. The molecule has 2 heterocycles. The van der Waals surface area contributed by atoms with E-state index in [1.54, 1.807) is 11.1 Å². The number of hydrogen-bond acceptors (Lipinski definition) is 3. The molecule has 550 valence electrons. The van der Waals surface area contributed by atoms with Gasteiger partial charge in [-0.3, -0.25) is 0 Å². The maximum Gasteiger partial charge on any atom is 0.143 e. The fourth-order valence-corrected chi connectivity index (χ4v) is 21.9. The molecule has 14 aromatic carbocycles. The van der Waals surface area contributed by atoms with E-state index in [-0.39, 0.29) is 27.1 Å². The third kappa shape index (κ3) is 10.1. The number of furan rings is 2. The normalized spacial score (nSPS) is 15.5. The minimum Gasteiger partial charge on any atom is -0.456 e. The van der Waals surface area contributed by atoms with Crippen molar-refractivity contribution < 1.29 is 8.83 Å². The molecule has 0 amide bonds. The number of para-hydroxylation sites is 2. The van der Waals surface area contributed by atoms with Crippen molar-refractivity contribution in [3.63, 3.8) is 0 Å². The largest absolute Gasteiger partial charge is 0.456 e. The molecule has 21 rings (SSSR count). The van der Waals surface area contributed by atoms with Gasteiger partial charge in [0.15, 0.2) is 0 Å². The Morgan fingerprint density at radius 3 is 1.38 bits per heavy atom. The summed E-state index contributed by atoms with van der Waals surface area (Å²) in [5.41, 5.74) is 40.8. The van der Waals surface area contributed by atoms with Crippen LogP contribution in [-0.4, -0.2) is 0 Å². The second-order valence-electron chi connectivity index (χ2n) is 35.7. The molecule has 112 heavy (non-hydrogen) atoms. The van der Waals surface area contributed by atoms with Gasteiger partial charge in [0.2, 0.25) is 0 Å². The predicted octanol–water partition coefficient (Wildman–Crippen LogP) is 31.3. The Morgan fingerprint density at radius 2 is 0.696 bits per heavy atom. The van der Waals surface area contributed by atoms with Crippen molar-refractivity contribution >= 4 is 71.7 Å². The van der Waals surface area contributed by atoms with Crippen LogP contribution in [0.4, 0.5) is 17.1 Å². The lowest BCUT2D eigenvalue weighted by Gasteiger charge is -2.33. The predicted molar refractivity (Wildman–Crippen MR) is 473 cm³/mol. The van der Waals surface area contributed by atoms with Crippen LogP contribution in [0.5, 0.6) is 0 Å². The van der Waals surface area contributed by atoms with Crippen LogP contribution in [0.3, 0.4) is 0 Å². The van der Waals surface area contributed by atoms with Crippen molar-refractivity contribution in [3.05, 3.63) is 316 Å². The van der Waals surface area contributed by atoms with Gasteiger partial charge in [-0.05, 0) is 254 Å². The first-order chi connectivity index (χ1) is 54.4. The Kier molecular flexibility index (Phi) is 15.6. The fraction of sp³-hybridized carbons (Fsp3) is 0.248. The zero-order valence-corrected chi connectivity index (χ0v) is 66.6. The highest BCUT2D eigenvalue weighted by Crippen LogP contribution is 2.62. The molecule has 3 nitrogen and oxygen atoms in total. The van der Waals surface area contributed by atoms with E-state index in [1.165, 1.54) is 226 Å². The highest BCUT2D eigenvalue weighted by molar-refractivity contribution is 6.19. The number of nitrogens with zero attached hydrogens (tertiary/aromatic N) is 1. The Hall–Kier alpha value is -11.3. The standard InChI is InChI=1S/C109H97NO2/c1-11-13-15-17-27-55-109(56-28-18-16-14-12-2)87-34-24-21-31-76(87)79-50-44-72(60-95(79)109)71-43-49-78-77-48-42-70(58-89(77)106(5,6)90(78)59-71)67-37-39-68(40-38-67)84-63-96-100(103-83-33-23-26-36-98(83)112-104(84)103)81-52-47-75(62-92(81)108(96,9)10)110(73-45-41-66-29-19-20-30-69(66)57-73)74-46-51-80-85-64-94-86(65-93(85)107(7,8)91(80)61-74)101-88(105(94,3)4)53-54-99-102(101)82-32-22-25-35-97(82)111-99/h19-26,29-54,57-65H,11-18,27-28,55-56H2,1-10H3. The number of hydrogen-bond donors (Lipinski definition) is 0. The Balaban J connectivity index is 0.611. The molecule has 0 bridgehead atoms. The van der Waals surface area contributed by atoms with Crippen molar-refractivity contribution in [1.82, 2.24) is 0 Å². The number of fused-ring (bicyclic) bond motifs is 24. The monoisotopic (exact) mass is 1450 g/mol. The molecule has 0 saturated heterocycles. The third-order valence-electron chi connectivity index (χ3n) is 28.0. The summed E-state index contributed by atoms with van der Waals surface area (Å²) in [6.07, 6.45) is 15.5. The van der Waals surface area contributed by atoms with Crippen LogP contribution in [0.15, 0.2) is 270 Å². The Labute approximate surface area is 660 Å². The second kappa shape index (κ2) is 25.4. The quantitative estimate of drug-likeness (QED) is 0.0802. The van der Waals surface area contributed by atoms with Gasteiger partial charge >= 0.3 is 0 Å². The molecule has 0 atom stereocenters. The van der Waals surface area contributed by atoms with Crippen LogP contribution < -0.4 is 4.90 Å². The van der Waals surface area contributed by atoms with E-state index in [9.17, 15) is 0 Å². The number of rotatable bonds is 18. The van der Waals surface area contributed by atoms with Crippen LogP contribution in [-0.2, 0) is 27.1 Å². The average Bonchev–Trinajstić information content (AvgIpc) is 1.54. The number of benzene rings is 14. The molecule has 0 N–H and O–H groups in total. The summed E-state index contributed by atoms with van der Waals surface area (Å²) in [5, 5.41) is 7.15. The van der Waals surface area contributed by atoms with Gasteiger partial charge in [-0.2, -0.15) is 0 Å². The Bertz CT molecular complexity index is 6600. The van der Waals surface area contributed by atoms with Gasteiger partial charge in [-0.25, -0.2) is 0 Å². The summed E-state index contributed by atoms with van der Waals surface area (Å²) >= 11 is 0. The van der Waals surface area contributed by atoms with Crippen LogP contribution in [0.2, 0.25) is 0 Å². The van der Waals surface area contributed by atoms with Gasteiger partial charge in [0.05, 0.1) is 0 Å². The molecule has 0 radical (unpaired) electrons. The van der Waals surface area contributed by atoms with Gasteiger partial charge in [-0.1, -0.05) is 303 Å². The van der Waals surface area contributed by atoms with Gasteiger partial charge in [0, 0.05) is 71.2 Å². The third-order valence-corrected chi connectivity index (χ3v) is 28.0. The van der Waals surface area contributed by atoms with Crippen LogP contribution >= 0.6 is 0 Å². The van der Waals surface area contributed by atoms with Gasteiger partial charge < -0.3 is 13.7 Å².